The minimum atomic E-state index is -0.993. The van der Waals surface area contributed by atoms with E-state index in [1.807, 2.05) is 0 Å². The second-order valence-electron chi connectivity index (χ2n) is 5.75. The van der Waals surface area contributed by atoms with Crippen molar-refractivity contribution in [1.82, 2.24) is 10.6 Å². The molecule has 0 aliphatic rings. The summed E-state index contributed by atoms with van der Waals surface area (Å²) in [6.07, 6.45) is 3.87. The number of carboxylic acid groups (broad SMARTS) is 2. The number of carbonyl (C=O) groups excluding carboxylic acids is 2. The van der Waals surface area contributed by atoms with Gasteiger partial charge in [-0.1, -0.05) is 0 Å². The van der Waals surface area contributed by atoms with Crippen LogP contribution in [0.2, 0.25) is 0 Å². The van der Waals surface area contributed by atoms with E-state index in [-0.39, 0.29) is 11.8 Å². The van der Waals surface area contributed by atoms with E-state index in [9.17, 15) is 19.2 Å². The molecule has 0 bridgehead atoms. The summed E-state index contributed by atoms with van der Waals surface area (Å²) in [6, 6.07) is -1.55. The molecule has 2 amide bonds. The minimum Gasteiger partial charge on any atom is -0.480 e. The van der Waals surface area contributed by atoms with Crippen LogP contribution in [0.15, 0.2) is 0 Å². The van der Waals surface area contributed by atoms with Gasteiger partial charge in [-0.25, -0.2) is 9.59 Å². The van der Waals surface area contributed by atoms with E-state index in [2.05, 4.69) is 10.6 Å². The SMILES string of the molecule is CC(=O)N[C@@H](CCCCN)C(=O)O.CC(=O)N[C@@H](CCCCN)C(=O)O. The zero-order valence-electron chi connectivity index (χ0n) is 15.5. The molecular formula is C16H32N4O6. The molecule has 2 atom stereocenters. The summed E-state index contributed by atoms with van der Waals surface area (Å²) in [6.45, 7) is 3.70. The molecular weight excluding hydrogens is 344 g/mol. The van der Waals surface area contributed by atoms with E-state index in [0.717, 1.165) is 12.8 Å². The third-order valence-electron chi connectivity index (χ3n) is 3.25. The fourth-order valence-electron chi connectivity index (χ4n) is 1.99. The predicted molar refractivity (Wildman–Crippen MR) is 96.3 cm³/mol. The Morgan fingerprint density at radius 2 is 1.04 bits per heavy atom. The standard InChI is InChI=1S/2C8H16N2O3/c2*1-6(11)10-7(8(12)13)4-2-3-5-9/h2*7H,2-5,9H2,1H3,(H,10,11)(H,12,13)/t2*7-/m00/s1. The van der Waals surface area contributed by atoms with Gasteiger partial charge in [-0.2, -0.15) is 0 Å². The quantitative estimate of drug-likeness (QED) is 0.244. The second-order valence-corrected chi connectivity index (χ2v) is 5.75. The summed E-state index contributed by atoms with van der Waals surface area (Å²) >= 11 is 0. The molecule has 0 aliphatic heterocycles. The molecule has 0 fully saturated rings. The molecule has 0 rings (SSSR count). The lowest BCUT2D eigenvalue weighted by Gasteiger charge is -2.12. The third-order valence-corrected chi connectivity index (χ3v) is 3.25. The Bertz CT molecular complexity index is 404. The van der Waals surface area contributed by atoms with Gasteiger partial charge in [-0.15, -0.1) is 0 Å². The van der Waals surface area contributed by atoms with Crippen molar-refractivity contribution in [2.75, 3.05) is 13.1 Å². The van der Waals surface area contributed by atoms with Gasteiger partial charge >= 0.3 is 11.9 Å². The first-order valence-corrected chi connectivity index (χ1v) is 8.55. The smallest absolute Gasteiger partial charge is 0.326 e. The molecule has 10 heteroatoms. The van der Waals surface area contributed by atoms with Crippen molar-refractivity contribution in [1.29, 1.82) is 0 Å². The van der Waals surface area contributed by atoms with Crippen molar-refractivity contribution in [2.45, 2.75) is 64.5 Å². The molecule has 0 aliphatic carbocycles. The molecule has 0 saturated carbocycles. The zero-order chi connectivity index (χ0) is 20.5. The van der Waals surface area contributed by atoms with Crippen molar-refractivity contribution < 1.29 is 29.4 Å². The lowest BCUT2D eigenvalue weighted by atomic mass is 10.1. The van der Waals surface area contributed by atoms with E-state index < -0.39 is 24.0 Å². The summed E-state index contributed by atoms with van der Waals surface area (Å²) in [5, 5.41) is 22.1. The molecule has 0 aromatic heterocycles. The van der Waals surface area contributed by atoms with Crippen molar-refractivity contribution >= 4 is 23.8 Å². The van der Waals surface area contributed by atoms with Crippen LogP contribution in [-0.4, -0.2) is 59.1 Å². The summed E-state index contributed by atoms with van der Waals surface area (Å²) in [4.78, 5) is 42.4. The minimum absolute atomic E-state index is 0.319. The van der Waals surface area contributed by atoms with Gasteiger partial charge in [-0.05, 0) is 51.6 Å². The van der Waals surface area contributed by atoms with Crippen LogP contribution in [-0.2, 0) is 19.2 Å². The monoisotopic (exact) mass is 376 g/mol. The maximum atomic E-state index is 10.6. The fraction of sp³-hybridized carbons (Fsp3) is 0.750. The number of unbranched alkanes of at least 4 members (excludes halogenated alkanes) is 2. The fourth-order valence-corrected chi connectivity index (χ4v) is 1.99. The van der Waals surface area contributed by atoms with E-state index in [4.69, 9.17) is 21.7 Å². The summed E-state index contributed by atoms with van der Waals surface area (Å²) in [5.74, 6) is -2.63. The van der Waals surface area contributed by atoms with Gasteiger partial charge in [0.25, 0.3) is 0 Å². The van der Waals surface area contributed by atoms with E-state index >= 15 is 0 Å². The summed E-state index contributed by atoms with van der Waals surface area (Å²) in [5.41, 5.74) is 10.5. The highest BCUT2D eigenvalue weighted by molar-refractivity contribution is 5.82. The maximum Gasteiger partial charge on any atom is 0.326 e. The number of hydrogen-bond donors (Lipinski definition) is 6. The van der Waals surface area contributed by atoms with Gasteiger partial charge in [-0.3, -0.25) is 9.59 Å². The highest BCUT2D eigenvalue weighted by Crippen LogP contribution is 2.01. The normalized spacial score (nSPS) is 12.2. The molecule has 0 radical (unpaired) electrons. The van der Waals surface area contributed by atoms with Gasteiger partial charge in [0.15, 0.2) is 0 Å². The molecule has 0 aromatic rings. The first-order chi connectivity index (χ1) is 12.1. The van der Waals surface area contributed by atoms with Crippen LogP contribution in [0.5, 0.6) is 0 Å². The Balaban J connectivity index is 0. The average Bonchev–Trinajstić information content (AvgIpc) is 2.53. The largest absolute Gasteiger partial charge is 0.480 e. The maximum absolute atomic E-state index is 10.6. The van der Waals surface area contributed by atoms with Crippen LogP contribution in [0.4, 0.5) is 0 Å². The summed E-state index contributed by atoms with van der Waals surface area (Å²) < 4.78 is 0. The van der Waals surface area contributed by atoms with Crippen LogP contribution < -0.4 is 22.1 Å². The Kier molecular flexibility index (Phi) is 16.3. The molecule has 0 heterocycles. The number of rotatable bonds is 12. The van der Waals surface area contributed by atoms with Gasteiger partial charge in [0.05, 0.1) is 0 Å². The van der Waals surface area contributed by atoms with Crippen molar-refractivity contribution in [3.63, 3.8) is 0 Å². The Labute approximate surface area is 153 Å². The van der Waals surface area contributed by atoms with Crippen LogP contribution in [0, 0.1) is 0 Å². The predicted octanol–water partition coefficient (Wildman–Crippen LogP) is -0.591. The average molecular weight is 376 g/mol. The van der Waals surface area contributed by atoms with Gasteiger partial charge in [0, 0.05) is 13.8 Å². The Morgan fingerprint density at radius 1 is 0.731 bits per heavy atom. The molecule has 26 heavy (non-hydrogen) atoms. The second kappa shape index (κ2) is 16.3. The number of carboxylic acids is 2. The van der Waals surface area contributed by atoms with E-state index in [0.29, 0.717) is 38.8 Å². The van der Waals surface area contributed by atoms with E-state index in [1.54, 1.807) is 0 Å². The number of amides is 2. The first-order valence-electron chi connectivity index (χ1n) is 8.55. The molecule has 0 unspecified atom stereocenters. The molecule has 0 saturated heterocycles. The van der Waals surface area contributed by atoms with Crippen LogP contribution >= 0.6 is 0 Å². The number of nitrogens with two attached hydrogens (primary N) is 2. The highest BCUT2D eigenvalue weighted by atomic mass is 16.4. The third kappa shape index (κ3) is 16.7. The highest BCUT2D eigenvalue weighted by Gasteiger charge is 2.17. The van der Waals surface area contributed by atoms with Gasteiger partial charge in [0.2, 0.25) is 11.8 Å². The topological polar surface area (TPSA) is 185 Å². The van der Waals surface area contributed by atoms with E-state index in [1.165, 1.54) is 13.8 Å². The van der Waals surface area contributed by atoms with Crippen molar-refractivity contribution in [2.24, 2.45) is 11.5 Å². The lowest BCUT2D eigenvalue weighted by molar-refractivity contribution is -0.142. The van der Waals surface area contributed by atoms with Crippen molar-refractivity contribution in [3.05, 3.63) is 0 Å². The Morgan fingerprint density at radius 3 is 1.23 bits per heavy atom. The summed E-state index contributed by atoms with van der Waals surface area (Å²) in [7, 11) is 0. The molecule has 10 nitrogen and oxygen atoms in total. The number of carbonyl (C=O) groups is 4. The first kappa shape index (κ1) is 26.0. The molecule has 152 valence electrons. The van der Waals surface area contributed by atoms with Crippen LogP contribution in [0.1, 0.15) is 52.4 Å². The zero-order valence-corrected chi connectivity index (χ0v) is 15.5. The van der Waals surface area contributed by atoms with Gasteiger partial charge < -0.3 is 32.3 Å². The number of aliphatic carboxylic acids is 2. The van der Waals surface area contributed by atoms with Crippen LogP contribution in [0.3, 0.4) is 0 Å². The Hall–Kier alpha value is -2.20. The number of nitrogens with one attached hydrogen (secondary N) is 2. The lowest BCUT2D eigenvalue weighted by Crippen LogP contribution is -2.39. The molecule has 0 spiro atoms. The molecule has 0 aromatic carbocycles. The van der Waals surface area contributed by atoms with Gasteiger partial charge in [0.1, 0.15) is 12.1 Å². The van der Waals surface area contributed by atoms with Crippen molar-refractivity contribution in [3.8, 4) is 0 Å². The van der Waals surface area contributed by atoms with Crippen LogP contribution in [0.25, 0.3) is 0 Å². The molecule has 8 N–H and O–H groups in total. The number of hydrogen-bond acceptors (Lipinski definition) is 6.